The van der Waals surface area contributed by atoms with Gasteiger partial charge in [-0.05, 0) is 37.6 Å². The van der Waals surface area contributed by atoms with E-state index in [0.717, 1.165) is 18.7 Å². The zero-order valence-corrected chi connectivity index (χ0v) is 8.33. The standard InChI is InChI=1S/C11H15N3/c1-9(13)6-7-14-11-4-2-10(8-12)3-5-11/h2-5,9,14H,6-7,13H2,1H3. The molecule has 3 N–H and O–H groups in total. The summed E-state index contributed by atoms with van der Waals surface area (Å²) in [6.07, 6.45) is 0.944. The fourth-order valence-corrected chi connectivity index (χ4v) is 1.11. The summed E-state index contributed by atoms with van der Waals surface area (Å²) in [4.78, 5) is 0. The van der Waals surface area contributed by atoms with Crippen molar-refractivity contribution >= 4 is 5.69 Å². The maximum absolute atomic E-state index is 8.59. The van der Waals surface area contributed by atoms with E-state index in [-0.39, 0.29) is 6.04 Å². The molecule has 0 heterocycles. The Bertz CT molecular complexity index is 308. The van der Waals surface area contributed by atoms with Gasteiger partial charge >= 0.3 is 0 Å². The van der Waals surface area contributed by atoms with E-state index >= 15 is 0 Å². The lowest BCUT2D eigenvalue weighted by atomic mass is 10.2. The lowest BCUT2D eigenvalue weighted by Crippen LogP contribution is -2.19. The number of hydrogen-bond donors (Lipinski definition) is 2. The number of nitrogens with one attached hydrogen (secondary N) is 1. The molecule has 14 heavy (non-hydrogen) atoms. The molecule has 1 atom stereocenters. The Labute approximate surface area is 84.5 Å². The molecule has 0 saturated carbocycles. The monoisotopic (exact) mass is 189 g/mol. The molecule has 0 spiro atoms. The minimum absolute atomic E-state index is 0.223. The van der Waals surface area contributed by atoms with Crippen molar-refractivity contribution in [3.8, 4) is 6.07 Å². The average Bonchev–Trinajstić information content (AvgIpc) is 2.18. The summed E-state index contributed by atoms with van der Waals surface area (Å²) in [5, 5.41) is 11.8. The predicted molar refractivity (Wildman–Crippen MR) is 57.9 cm³/mol. The molecule has 74 valence electrons. The molecule has 0 aliphatic rings. The highest BCUT2D eigenvalue weighted by Gasteiger charge is 1.95. The molecular weight excluding hydrogens is 174 g/mol. The Balaban J connectivity index is 2.41. The van der Waals surface area contributed by atoms with Gasteiger partial charge in [-0.15, -0.1) is 0 Å². The molecule has 0 aliphatic heterocycles. The SMILES string of the molecule is CC(N)CCNc1ccc(C#N)cc1. The molecule has 0 aliphatic carbocycles. The smallest absolute Gasteiger partial charge is 0.0991 e. The zero-order chi connectivity index (χ0) is 10.4. The Morgan fingerprint density at radius 2 is 2.07 bits per heavy atom. The number of benzene rings is 1. The fraction of sp³-hybridized carbons (Fsp3) is 0.364. The third-order valence-electron chi connectivity index (χ3n) is 1.94. The highest BCUT2D eigenvalue weighted by Crippen LogP contribution is 2.08. The molecule has 1 aromatic rings. The normalized spacial score (nSPS) is 11.8. The first-order chi connectivity index (χ1) is 6.72. The van der Waals surface area contributed by atoms with Gasteiger partial charge in [-0.2, -0.15) is 5.26 Å². The van der Waals surface area contributed by atoms with Crippen LogP contribution in [0, 0.1) is 11.3 Å². The minimum Gasteiger partial charge on any atom is -0.385 e. The Morgan fingerprint density at radius 3 is 2.57 bits per heavy atom. The summed E-state index contributed by atoms with van der Waals surface area (Å²) >= 11 is 0. The summed E-state index contributed by atoms with van der Waals surface area (Å²) < 4.78 is 0. The Hall–Kier alpha value is -1.53. The van der Waals surface area contributed by atoms with Crippen LogP contribution in [0.2, 0.25) is 0 Å². The van der Waals surface area contributed by atoms with Crippen molar-refractivity contribution in [2.45, 2.75) is 19.4 Å². The quantitative estimate of drug-likeness (QED) is 0.758. The van der Waals surface area contributed by atoms with Crippen molar-refractivity contribution in [2.75, 3.05) is 11.9 Å². The van der Waals surface area contributed by atoms with Gasteiger partial charge in [0.1, 0.15) is 0 Å². The molecule has 1 aromatic carbocycles. The van der Waals surface area contributed by atoms with Gasteiger partial charge in [0.2, 0.25) is 0 Å². The summed E-state index contributed by atoms with van der Waals surface area (Å²) in [6, 6.07) is 9.71. The molecule has 3 heteroatoms. The molecule has 0 saturated heterocycles. The maximum atomic E-state index is 8.59. The number of nitrogens with two attached hydrogens (primary N) is 1. The van der Waals surface area contributed by atoms with E-state index in [1.165, 1.54) is 0 Å². The lowest BCUT2D eigenvalue weighted by molar-refractivity contribution is 0.690. The summed E-state index contributed by atoms with van der Waals surface area (Å²) in [5.74, 6) is 0. The largest absolute Gasteiger partial charge is 0.385 e. The highest BCUT2D eigenvalue weighted by molar-refractivity contribution is 5.46. The number of nitrogens with zero attached hydrogens (tertiary/aromatic N) is 1. The third kappa shape index (κ3) is 3.46. The second-order valence-electron chi connectivity index (χ2n) is 3.38. The van der Waals surface area contributed by atoms with Crippen molar-refractivity contribution in [1.82, 2.24) is 0 Å². The lowest BCUT2D eigenvalue weighted by Gasteiger charge is -2.07. The molecule has 0 radical (unpaired) electrons. The van der Waals surface area contributed by atoms with Crippen molar-refractivity contribution in [3.05, 3.63) is 29.8 Å². The van der Waals surface area contributed by atoms with Crippen LogP contribution in [-0.2, 0) is 0 Å². The molecule has 0 bridgehead atoms. The highest BCUT2D eigenvalue weighted by atomic mass is 14.9. The fourth-order valence-electron chi connectivity index (χ4n) is 1.11. The topological polar surface area (TPSA) is 61.8 Å². The first-order valence-corrected chi connectivity index (χ1v) is 4.72. The molecule has 0 aromatic heterocycles. The van der Waals surface area contributed by atoms with Crippen molar-refractivity contribution in [2.24, 2.45) is 5.73 Å². The summed E-state index contributed by atoms with van der Waals surface area (Å²) in [6.45, 7) is 2.85. The van der Waals surface area contributed by atoms with E-state index in [4.69, 9.17) is 11.0 Å². The Kier molecular flexibility index (Phi) is 3.96. The first-order valence-electron chi connectivity index (χ1n) is 4.72. The third-order valence-corrected chi connectivity index (χ3v) is 1.94. The number of nitriles is 1. The van der Waals surface area contributed by atoms with Crippen molar-refractivity contribution < 1.29 is 0 Å². The molecule has 0 amide bonds. The van der Waals surface area contributed by atoms with Crippen LogP contribution in [0.1, 0.15) is 18.9 Å². The maximum Gasteiger partial charge on any atom is 0.0991 e. The van der Waals surface area contributed by atoms with Crippen LogP contribution in [0.5, 0.6) is 0 Å². The second kappa shape index (κ2) is 5.25. The van der Waals surface area contributed by atoms with Crippen LogP contribution in [0.3, 0.4) is 0 Å². The number of hydrogen-bond acceptors (Lipinski definition) is 3. The zero-order valence-electron chi connectivity index (χ0n) is 8.33. The van der Waals surface area contributed by atoms with Gasteiger partial charge in [0.15, 0.2) is 0 Å². The van der Waals surface area contributed by atoms with Gasteiger partial charge in [-0.3, -0.25) is 0 Å². The Morgan fingerprint density at radius 1 is 1.43 bits per heavy atom. The van der Waals surface area contributed by atoms with Gasteiger partial charge in [-0.25, -0.2) is 0 Å². The first kappa shape index (κ1) is 10.6. The van der Waals surface area contributed by atoms with Gasteiger partial charge in [-0.1, -0.05) is 0 Å². The summed E-state index contributed by atoms with van der Waals surface area (Å²) in [5.41, 5.74) is 7.33. The minimum atomic E-state index is 0.223. The van der Waals surface area contributed by atoms with Gasteiger partial charge < -0.3 is 11.1 Å². The van der Waals surface area contributed by atoms with Crippen LogP contribution in [0.4, 0.5) is 5.69 Å². The molecule has 1 unspecified atom stereocenters. The van der Waals surface area contributed by atoms with Gasteiger partial charge in [0.05, 0.1) is 11.6 Å². The van der Waals surface area contributed by atoms with Crippen molar-refractivity contribution in [1.29, 1.82) is 5.26 Å². The molecular formula is C11H15N3. The van der Waals surface area contributed by atoms with Crippen LogP contribution in [0.25, 0.3) is 0 Å². The van der Waals surface area contributed by atoms with Crippen molar-refractivity contribution in [3.63, 3.8) is 0 Å². The second-order valence-corrected chi connectivity index (χ2v) is 3.38. The van der Waals surface area contributed by atoms with Crippen LogP contribution in [0.15, 0.2) is 24.3 Å². The van der Waals surface area contributed by atoms with Gasteiger partial charge in [0.25, 0.3) is 0 Å². The van der Waals surface area contributed by atoms with Crippen LogP contribution < -0.4 is 11.1 Å². The van der Waals surface area contributed by atoms with Crippen LogP contribution in [-0.4, -0.2) is 12.6 Å². The van der Waals surface area contributed by atoms with E-state index in [1.54, 1.807) is 12.1 Å². The molecule has 3 nitrogen and oxygen atoms in total. The average molecular weight is 189 g/mol. The van der Waals surface area contributed by atoms with E-state index in [1.807, 2.05) is 19.1 Å². The van der Waals surface area contributed by atoms with E-state index < -0.39 is 0 Å². The van der Waals surface area contributed by atoms with Gasteiger partial charge in [0, 0.05) is 18.3 Å². The molecule has 0 fully saturated rings. The molecule has 1 rings (SSSR count). The summed E-state index contributed by atoms with van der Waals surface area (Å²) in [7, 11) is 0. The number of rotatable bonds is 4. The van der Waals surface area contributed by atoms with Crippen LogP contribution >= 0.6 is 0 Å². The van der Waals surface area contributed by atoms with E-state index in [0.29, 0.717) is 5.56 Å². The van der Waals surface area contributed by atoms with E-state index in [2.05, 4.69) is 11.4 Å². The number of anilines is 1. The predicted octanol–water partition coefficient (Wildman–Crippen LogP) is 1.71. The van der Waals surface area contributed by atoms with E-state index in [9.17, 15) is 0 Å².